The van der Waals surface area contributed by atoms with Gasteiger partial charge in [0.2, 0.25) is 5.91 Å². The first-order chi connectivity index (χ1) is 11.6. The first-order valence-corrected chi connectivity index (χ1v) is 8.28. The second kappa shape index (κ2) is 8.57. The number of rotatable bonds is 10. The number of benzene rings is 1. The first-order valence-electron chi connectivity index (χ1n) is 8.28. The molecule has 1 aliphatic carbocycles. The van der Waals surface area contributed by atoms with E-state index < -0.39 is 5.97 Å². The fourth-order valence-electron chi connectivity index (χ4n) is 2.88. The Labute approximate surface area is 142 Å². The van der Waals surface area contributed by atoms with Crippen LogP contribution in [0.15, 0.2) is 18.2 Å². The van der Waals surface area contributed by atoms with Crippen LogP contribution >= 0.6 is 0 Å². The average Bonchev–Trinajstić information content (AvgIpc) is 3.37. The normalized spacial score (nSPS) is 18.8. The van der Waals surface area contributed by atoms with Crippen molar-refractivity contribution in [2.24, 2.45) is 5.92 Å². The van der Waals surface area contributed by atoms with Crippen molar-refractivity contribution in [3.8, 4) is 11.5 Å². The second-order valence-corrected chi connectivity index (χ2v) is 6.05. The Hall–Kier alpha value is -2.24. The molecule has 2 unspecified atom stereocenters. The lowest BCUT2D eigenvalue weighted by molar-refractivity contribution is -0.137. The molecule has 2 N–H and O–H groups in total. The minimum Gasteiger partial charge on any atom is -0.497 e. The monoisotopic (exact) mass is 335 g/mol. The van der Waals surface area contributed by atoms with Crippen LogP contribution < -0.4 is 14.8 Å². The summed E-state index contributed by atoms with van der Waals surface area (Å²) in [6.45, 7) is 0.594. The lowest BCUT2D eigenvalue weighted by atomic mass is 10.1. The number of nitrogens with one attached hydrogen (secondary N) is 1. The maximum Gasteiger partial charge on any atom is 0.303 e. The zero-order chi connectivity index (χ0) is 17.5. The molecule has 0 radical (unpaired) electrons. The molecule has 1 fully saturated rings. The van der Waals surface area contributed by atoms with Gasteiger partial charge >= 0.3 is 5.97 Å². The molecule has 1 amide bonds. The predicted octanol–water partition coefficient (Wildman–Crippen LogP) is 2.57. The molecular formula is C18H25NO5. The van der Waals surface area contributed by atoms with Gasteiger partial charge in [-0.2, -0.15) is 0 Å². The number of carbonyl (C=O) groups is 2. The number of hydrogen-bond acceptors (Lipinski definition) is 4. The Bertz CT molecular complexity index is 587. The van der Waals surface area contributed by atoms with Gasteiger partial charge in [0.1, 0.15) is 11.5 Å². The fraction of sp³-hybridized carbons (Fsp3) is 0.556. The molecule has 0 heterocycles. The highest BCUT2D eigenvalue weighted by atomic mass is 16.5. The molecule has 1 saturated carbocycles. The van der Waals surface area contributed by atoms with Crippen LogP contribution in [0.5, 0.6) is 11.5 Å². The third-order valence-corrected chi connectivity index (χ3v) is 4.33. The summed E-state index contributed by atoms with van der Waals surface area (Å²) < 4.78 is 10.6. The summed E-state index contributed by atoms with van der Waals surface area (Å²) in [6.07, 6.45) is 3.27. The quantitative estimate of drug-likeness (QED) is 0.642. The summed E-state index contributed by atoms with van der Waals surface area (Å²) in [6, 6.07) is 5.64. The van der Waals surface area contributed by atoms with Crippen molar-refractivity contribution in [2.75, 3.05) is 20.8 Å². The van der Waals surface area contributed by atoms with E-state index in [1.807, 2.05) is 18.2 Å². The Morgan fingerprint density at radius 1 is 1.21 bits per heavy atom. The Morgan fingerprint density at radius 2 is 2.00 bits per heavy atom. The Morgan fingerprint density at radius 3 is 2.67 bits per heavy atom. The summed E-state index contributed by atoms with van der Waals surface area (Å²) in [5.41, 5.74) is 1.01. The number of carboxylic acid groups (broad SMARTS) is 1. The Balaban J connectivity index is 1.78. The van der Waals surface area contributed by atoms with Crippen LogP contribution in [-0.2, 0) is 9.59 Å². The van der Waals surface area contributed by atoms with Gasteiger partial charge in [-0.05, 0) is 37.5 Å². The smallest absolute Gasteiger partial charge is 0.303 e. The molecule has 2 atom stereocenters. The zero-order valence-corrected chi connectivity index (χ0v) is 14.2. The number of methoxy groups -OCH3 is 2. The largest absolute Gasteiger partial charge is 0.497 e. The SMILES string of the molecule is COc1ccc(OC)c(C2CC2C(=O)NCCCCCC(=O)O)c1. The Kier molecular flexibility index (Phi) is 6.46. The number of aliphatic carboxylic acids is 1. The van der Waals surface area contributed by atoms with Crippen molar-refractivity contribution in [3.63, 3.8) is 0 Å². The minimum absolute atomic E-state index is 0.0231. The lowest BCUT2D eigenvalue weighted by Crippen LogP contribution is -2.26. The molecule has 6 heteroatoms. The van der Waals surface area contributed by atoms with Crippen molar-refractivity contribution in [1.82, 2.24) is 5.32 Å². The first kappa shape index (κ1) is 18.1. The highest BCUT2D eigenvalue weighted by Crippen LogP contribution is 2.51. The van der Waals surface area contributed by atoms with Gasteiger partial charge in [0.25, 0.3) is 0 Å². The van der Waals surface area contributed by atoms with E-state index >= 15 is 0 Å². The molecule has 132 valence electrons. The van der Waals surface area contributed by atoms with E-state index in [0.29, 0.717) is 13.0 Å². The number of ether oxygens (including phenoxy) is 2. The molecule has 1 aliphatic rings. The van der Waals surface area contributed by atoms with E-state index in [-0.39, 0.29) is 24.2 Å². The second-order valence-electron chi connectivity index (χ2n) is 6.05. The van der Waals surface area contributed by atoms with Gasteiger partial charge < -0.3 is 19.9 Å². The van der Waals surface area contributed by atoms with Crippen LogP contribution in [0, 0.1) is 5.92 Å². The molecule has 1 aromatic rings. The maximum atomic E-state index is 12.2. The van der Waals surface area contributed by atoms with Crippen molar-refractivity contribution >= 4 is 11.9 Å². The standard InChI is InChI=1S/C18H25NO5/c1-23-12-7-8-16(24-2)14(10-12)13-11-15(13)18(22)19-9-5-3-4-6-17(20)21/h7-8,10,13,15H,3-6,9,11H2,1-2H3,(H,19,22)(H,20,21). The van der Waals surface area contributed by atoms with Gasteiger partial charge in [-0.1, -0.05) is 6.42 Å². The molecule has 6 nitrogen and oxygen atoms in total. The van der Waals surface area contributed by atoms with E-state index in [9.17, 15) is 9.59 Å². The van der Waals surface area contributed by atoms with E-state index in [0.717, 1.165) is 36.3 Å². The van der Waals surface area contributed by atoms with E-state index in [4.69, 9.17) is 14.6 Å². The summed E-state index contributed by atoms with van der Waals surface area (Å²) >= 11 is 0. The molecule has 2 rings (SSSR count). The molecule has 1 aromatic carbocycles. The van der Waals surface area contributed by atoms with Gasteiger partial charge in [-0.3, -0.25) is 9.59 Å². The van der Waals surface area contributed by atoms with Gasteiger partial charge in [-0.15, -0.1) is 0 Å². The summed E-state index contributed by atoms with van der Waals surface area (Å²) in [5.74, 6) is 0.974. The topological polar surface area (TPSA) is 84.9 Å². The number of carboxylic acids is 1. The van der Waals surface area contributed by atoms with Gasteiger partial charge in [0, 0.05) is 30.4 Å². The van der Waals surface area contributed by atoms with E-state index in [1.54, 1.807) is 14.2 Å². The fourth-order valence-corrected chi connectivity index (χ4v) is 2.88. The number of unbranched alkanes of at least 4 members (excludes halogenated alkanes) is 2. The molecule has 0 saturated heterocycles. The van der Waals surface area contributed by atoms with Crippen molar-refractivity contribution in [2.45, 2.75) is 38.0 Å². The predicted molar refractivity (Wildman–Crippen MR) is 89.5 cm³/mol. The van der Waals surface area contributed by atoms with Crippen LogP contribution in [0.4, 0.5) is 0 Å². The van der Waals surface area contributed by atoms with Crippen LogP contribution in [-0.4, -0.2) is 37.7 Å². The van der Waals surface area contributed by atoms with Crippen molar-refractivity contribution in [3.05, 3.63) is 23.8 Å². The zero-order valence-electron chi connectivity index (χ0n) is 14.2. The van der Waals surface area contributed by atoms with Crippen molar-refractivity contribution in [1.29, 1.82) is 0 Å². The molecular weight excluding hydrogens is 310 g/mol. The van der Waals surface area contributed by atoms with Gasteiger partial charge in [0.05, 0.1) is 14.2 Å². The molecule has 0 spiro atoms. The lowest BCUT2D eigenvalue weighted by Gasteiger charge is -2.10. The third kappa shape index (κ3) is 4.88. The van der Waals surface area contributed by atoms with Crippen LogP contribution in [0.3, 0.4) is 0 Å². The number of amides is 1. The van der Waals surface area contributed by atoms with E-state index in [1.165, 1.54) is 0 Å². The van der Waals surface area contributed by atoms with Crippen LogP contribution in [0.2, 0.25) is 0 Å². The minimum atomic E-state index is -0.771. The van der Waals surface area contributed by atoms with Gasteiger partial charge in [-0.25, -0.2) is 0 Å². The molecule has 0 aliphatic heterocycles. The van der Waals surface area contributed by atoms with Gasteiger partial charge in [0.15, 0.2) is 0 Å². The number of hydrogen-bond donors (Lipinski definition) is 2. The summed E-state index contributed by atoms with van der Waals surface area (Å²) in [5, 5.41) is 11.5. The molecule has 24 heavy (non-hydrogen) atoms. The van der Waals surface area contributed by atoms with Crippen molar-refractivity contribution < 1.29 is 24.2 Å². The van der Waals surface area contributed by atoms with E-state index in [2.05, 4.69) is 5.32 Å². The number of carbonyl (C=O) groups excluding carboxylic acids is 1. The average molecular weight is 335 g/mol. The summed E-state index contributed by atoms with van der Waals surface area (Å²) in [4.78, 5) is 22.6. The highest BCUT2D eigenvalue weighted by Gasteiger charge is 2.45. The highest BCUT2D eigenvalue weighted by molar-refractivity contribution is 5.83. The van der Waals surface area contributed by atoms with Crippen LogP contribution in [0.1, 0.15) is 43.6 Å². The van der Waals surface area contributed by atoms with Crippen LogP contribution in [0.25, 0.3) is 0 Å². The molecule has 0 aromatic heterocycles. The molecule has 0 bridgehead atoms. The maximum absolute atomic E-state index is 12.2. The third-order valence-electron chi connectivity index (χ3n) is 4.33. The summed E-state index contributed by atoms with van der Waals surface area (Å²) in [7, 11) is 3.24.